The third kappa shape index (κ3) is 2.60. The average molecular weight is 324 g/mol. The molecule has 1 aromatic carbocycles. The maximum atomic E-state index is 5.86. The van der Waals surface area contributed by atoms with Gasteiger partial charge < -0.3 is 9.64 Å². The van der Waals surface area contributed by atoms with E-state index in [4.69, 9.17) is 4.74 Å². The van der Waals surface area contributed by atoms with E-state index in [0.717, 1.165) is 24.2 Å². The van der Waals surface area contributed by atoms with E-state index < -0.39 is 0 Å². The van der Waals surface area contributed by atoms with Crippen LogP contribution in [0.2, 0.25) is 0 Å². The molecular formula is C14H14BrNOS. The van der Waals surface area contributed by atoms with Crippen LogP contribution in [-0.4, -0.2) is 19.7 Å². The molecular weight excluding hydrogens is 310 g/mol. The highest BCUT2D eigenvalue weighted by atomic mass is 79.9. The van der Waals surface area contributed by atoms with Gasteiger partial charge in [0.1, 0.15) is 6.10 Å². The van der Waals surface area contributed by atoms with Gasteiger partial charge in [-0.1, -0.05) is 28.1 Å². The second-order valence-corrected chi connectivity index (χ2v) is 6.20. The molecule has 4 heteroatoms. The van der Waals surface area contributed by atoms with Crippen molar-refractivity contribution >= 4 is 33.0 Å². The fraction of sp³-hybridized carbons (Fsp3) is 0.286. The molecule has 0 radical (unpaired) electrons. The highest BCUT2D eigenvalue weighted by Gasteiger charge is 2.22. The molecule has 1 saturated heterocycles. The van der Waals surface area contributed by atoms with Crippen molar-refractivity contribution in [1.29, 1.82) is 0 Å². The summed E-state index contributed by atoms with van der Waals surface area (Å²) in [6, 6.07) is 12.7. The summed E-state index contributed by atoms with van der Waals surface area (Å²) in [5.41, 5.74) is 1.26. The molecule has 3 rings (SSSR count). The van der Waals surface area contributed by atoms with Crippen molar-refractivity contribution in [3.05, 3.63) is 51.1 Å². The maximum absolute atomic E-state index is 5.86. The second kappa shape index (κ2) is 5.43. The molecule has 1 aromatic heterocycles. The van der Waals surface area contributed by atoms with Crippen molar-refractivity contribution in [2.75, 3.05) is 24.6 Å². The first-order chi connectivity index (χ1) is 8.83. The summed E-state index contributed by atoms with van der Waals surface area (Å²) >= 11 is 5.30. The molecule has 94 valence electrons. The molecule has 2 aromatic rings. The van der Waals surface area contributed by atoms with Gasteiger partial charge in [0.2, 0.25) is 0 Å². The minimum absolute atomic E-state index is 0.206. The number of nitrogens with zero attached hydrogens (tertiary/aromatic N) is 1. The van der Waals surface area contributed by atoms with Gasteiger partial charge in [-0.2, -0.15) is 0 Å². The quantitative estimate of drug-likeness (QED) is 0.825. The van der Waals surface area contributed by atoms with Crippen LogP contribution >= 0.6 is 27.3 Å². The van der Waals surface area contributed by atoms with Gasteiger partial charge in [-0.3, -0.25) is 0 Å². The lowest BCUT2D eigenvalue weighted by molar-refractivity contribution is 0.0421. The average Bonchev–Trinajstić information content (AvgIpc) is 2.93. The zero-order chi connectivity index (χ0) is 12.4. The third-order valence-corrected chi connectivity index (χ3v) is 4.56. The SMILES string of the molecule is Brc1cccc(N2CCOC(c3cccs3)C2)c1. The third-order valence-electron chi connectivity index (χ3n) is 3.10. The summed E-state index contributed by atoms with van der Waals surface area (Å²) in [5, 5.41) is 2.11. The Labute approximate surface area is 119 Å². The first kappa shape index (κ1) is 12.2. The van der Waals surface area contributed by atoms with E-state index in [9.17, 15) is 0 Å². The Kier molecular flexibility index (Phi) is 3.68. The van der Waals surface area contributed by atoms with Crippen LogP contribution in [0.25, 0.3) is 0 Å². The normalized spacial score (nSPS) is 20.1. The Morgan fingerprint density at radius 3 is 3.00 bits per heavy atom. The lowest BCUT2D eigenvalue weighted by atomic mass is 10.2. The van der Waals surface area contributed by atoms with Gasteiger partial charge in [0, 0.05) is 28.1 Å². The molecule has 0 amide bonds. The summed E-state index contributed by atoms with van der Waals surface area (Å²) in [5.74, 6) is 0. The fourth-order valence-electron chi connectivity index (χ4n) is 2.20. The Balaban J connectivity index is 1.78. The molecule has 0 aliphatic carbocycles. The molecule has 2 heterocycles. The Bertz CT molecular complexity index is 514. The topological polar surface area (TPSA) is 12.5 Å². The highest BCUT2D eigenvalue weighted by Crippen LogP contribution is 2.29. The van der Waals surface area contributed by atoms with Crippen molar-refractivity contribution in [3.8, 4) is 0 Å². The van der Waals surface area contributed by atoms with E-state index in [-0.39, 0.29) is 6.10 Å². The van der Waals surface area contributed by atoms with E-state index in [0.29, 0.717) is 0 Å². The standard InChI is InChI=1S/C14H14BrNOS/c15-11-3-1-4-12(9-11)16-6-7-17-13(10-16)14-5-2-8-18-14/h1-5,8-9,13H,6-7,10H2. The number of anilines is 1. The summed E-state index contributed by atoms with van der Waals surface area (Å²) in [4.78, 5) is 3.70. The van der Waals surface area contributed by atoms with E-state index in [1.54, 1.807) is 11.3 Å². The van der Waals surface area contributed by atoms with Crippen LogP contribution in [0.1, 0.15) is 11.0 Å². The van der Waals surface area contributed by atoms with Gasteiger partial charge in [0.15, 0.2) is 0 Å². The molecule has 1 unspecified atom stereocenters. The number of rotatable bonds is 2. The van der Waals surface area contributed by atoms with Crippen LogP contribution in [0.3, 0.4) is 0 Å². The van der Waals surface area contributed by atoms with Gasteiger partial charge in [0.05, 0.1) is 6.61 Å². The predicted molar refractivity (Wildman–Crippen MR) is 79.4 cm³/mol. The summed E-state index contributed by atoms with van der Waals surface area (Å²) in [6.45, 7) is 2.67. The summed E-state index contributed by atoms with van der Waals surface area (Å²) in [6.07, 6.45) is 0.206. The van der Waals surface area contributed by atoms with Crippen LogP contribution in [0.4, 0.5) is 5.69 Å². The van der Waals surface area contributed by atoms with Crippen LogP contribution in [0.5, 0.6) is 0 Å². The number of benzene rings is 1. The first-order valence-electron chi connectivity index (χ1n) is 5.98. The molecule has 0 saturated carbocycles. The molecule has 0 bridgehead atoms. The number of hydrogen-bond acceptors (Lipinski definition) is 3. The van der Waals surface area contributed by atoms with Crippen LogP contribution in [0, 0.1) is 0 Å². The Morgan fingerprint density at radius 2 is 2.22 bits per heavy atom. The zero-order valence-corrected chi connectivity index (χ0v) is 12.3. The number of hydrogen-bond donors (Lipinski definition) is 0. The van der Waals surface area contributed by atoms with Gasteiger partial charge in [-0.15, -0.1) is 11.3 Å². The minimum Gasteiger partial charge on any atom is -0.369 e. The van der Waals surface area contributed by atoms with E-state index in [1.807, 2.05) is 0 Å². The van der Waals surface area contributed by atoms with E-state index in [1.165, 1.54) is 10.6 Å². The minimum atomic E-state index is 0.206. The van der Waals surface area contributed by atoms with E-state index in [2.05, 4.69) is 62.6 Å². The molecule has 1 fully saturated rings. The molecule has 2 nitrogen and oxygen atoms in total. The molecule has 18 heavy (non-hydrogen) atoms. The predicted octanol–water partition coefficient (Wildman–Crippen LogP) is 4.09. The number of morpholine rings is 1. The lowest BCUT2D eigenvalue weighted by Gasteiger charge is -2.34. The Morgan fingerprint density at radius 1 is 1.28 bits per heavy atom. The van der Waals surface area contributed by atoms with Crippen LogP contribution in [-0.2, 0) is 4.74 Å². The van der Waals surface area contributed by atoms with Gasteiger partial charge in [-0.25, -0.2) is 0 Å². The summed E-state index contributed by atoms with van der Waals surface area (Å²) in [7, 11) is 0. The van der Waals surface area contributed by atoms with Crippen LogP contribution in [0.15, 0.2) is 46.3 Å². The second-order valence-electron chi connectivity index (χ2n) is 4.30. The largest absolute Gasteiger partial charge is 0.369 e. The maximum Gasteiger partial charge on any atom is 0.109 e. The van der Waals surface area contributed by atoms with Gasteiger partial charge in [-0.05, 0) is 29.6 Å². The van der Waals surface area contributed by atoms with Crippen molar-refractivity contribution in [1.82, 2.24) is 0 Å². The number of thiophene rings is 1. The molecule has 0 spiro atoms. The zero-order valence-electron chi connectivity index (χ0n) is 9.88. The monoisotopic (exact) mass is 323 g/mol. The first-order valence-corrected chi connectivity index (χ1v) is 7.66. The molecule has 1 aliphatic rings. The fourth-order valence-corrected chi connectivity index (χ4v) is 3.36. The van der Waals surface area contributed by atoms with Gasteiger partial charge >= 0.3 is 0 Å². The van der Waals surface area contributed by atoms with E-state index >= 15 is 0 Å². The van der Waals surface area contributed by atoms with Crippen molar-refractivity contribution in [3.63, 3.8) is 0 Å². The lowest BCUT2D eigenvalue weighted by Crippen LogP contribution is -2.38. The van der Waals surface area contributed by atoms with Crippen LogP contribution < -0.4 is 4.90 Å². The molecule has 1 aliphatic heterocycles. The Hall–Kier alpha value is -0.840. The van der Waals surface area contributed by atoms with Crippen molar-refractivity contribution < 1.29 is 4.74 Å². The summed E-state index contributed by atoms with van der Waals surface area (Å²) < 4.78 is 6.99. The van der Waals surface area contributed by atoms with Crippen molar-refractivity contribution in [2.24, 2.45) is 0 Å². The highest BCUT2D eigenvalue weighted by molar-refractivity contribution is 9.10. The van der Waals surface area contributed by atoms with Gasteiger partial charge in [0.25, 0.3) is 0 Å². The molecule has 0 N–H and O–H groups in total. The molecule has 1 atom stereocenters. The van der Waals surface area contributed by atoms with Crippen molar-refractivity contribution in [2.45, 2.75) is 6.10 Å². The smallest absolute Gasteiger partial charge is 0.109 e. The number of halogens is 1. The number of ether oxygens (including phenoxy) is 1.